The molecule has 21 heavy (non-hydrogen) atoms. The topological polar surface area (TPSA) is 38.5 Å². The Balaban J connectivity index is 1.96. The third-order valence-corrected chi connectivity index (χ3v) is 4.70. The van der Waals surface area contributed by atoms with Crippen molar-refractivity contribution in [3.8, 4) is 0 Å². The quantitative estimate of drug-likeness (QED) is 0.837. The van der Waals surface area contributed by atoms with Crippen molar-refractivity contribution in [1.82, 2.24) is 4.90 Å². The van der Waals surface area contributed by atoms with Crippen LogP contribution in [0.4, 0.5) is 0 Å². The molecule has 1 aromatic carbocycles. The van der Waals surface area contributed by atoms with Crippen molar-refractivity contribution >= 4 is 0 Å². The summed E-state index contributed by atoms with van der Waals surface area (Å²) in [5, 5.41) is 0. The summed E-state index contributed by atoms with van der Waals surface area (Å²) in [6.45, 7) is 2.51. The zero-order valence-electron chi connectivity index (χ0n) is 13.6. The van der Waals surface area contributed by atoms with Crippen molar-refractivity contribution in [2.24, 2.45) is 11.7 Å². The van der Waals surface area contributed by atoms with Gasteiger partial charge in [0.15, 0.2) is 0 Å². The molecule has 1 aromatic rings. The summed E-state index contributed by atoms with van der Waals surface area (Å²) in [6, 6.07) is 9.02. The fraction of sp³-hybridized carbons (Fsp3) is 0.667. The molecule has 0 saturated heterocycles. The zero-order valence-corrected chi connectivity index (χ0v) is 13.6. The maximum atomic E-state index is 6.04. The Morgan fingerprint density at radius 1 is 1.19 bits per heavy atom. The van der Waals surface area contributed by atoms with Gasteiger partial charge in [0.1, 0.15) is 0 Å². The second kappa shape index (κ2) is 8.52. The number of hydrogen-bond acceptors (Lipinski definition) is 3. The molecule has 1 unspecified atom stereocenters. The smallest absolute Gasteiger partial charge is 0.0713 e. The van der Waals surface area contributed by atoms with Crippen LogP contribution in [0.1, 0.15) is 49.3 Å². The van der Waals surface area contributed by atoms with Crippen molar-refractivity contribution < 1.29 is 4.74 Å². The summed E-state index contributed by atoms with van der Waals surface area (Å²) in [5.74, 6) is 0.852. The Hall–Kier alpha value is -0.900. The first-order valence-corrected chi connectivity index (χ1v) is 8.22. The lowest BCUT2D eigenvalue weighted by atomic mass is 9.88. The van der Waals surface area contributed by atoms with E-state index in [-0.39, 0.29) is 0 Å². The Morgan fingerprint density at radius 2 is 1.86 bits per heavy atom. The molecule has 0 amide bonds. The second-order valence-corrected chi connectivity index (χ2v) is 6.37. The maximum absolute atomic E-state index is 6.04. The number of benzene rings is 1. The SMILES string of the molecule is COCc1ccc(C(CN)N(C)CC2CCCCC2)cc1. The van der Waals surface area contributed by atoms with Crippen LogP contribution in [0.2, 0.25) is 0 Å². The number of rotatable bonds is 7. The van der Waals surface area contributed by atoms with Gasteiger partial charge in [0, 0.05) is 26.2 Å². The second-order valence-electron chi connectivity index (χ2n) is 6.37. The van der Waals surface area contributed by atoms with Gasteiger partial charge < -0.3 is 10.5 Å². The third kappa shape index (κ3) is 4.80. The van der Waals surface area contributed by atoms with E-state index in [0.717, 1.165) is 5.92 Å². The number of methoxy groups -OCH3 is 1. The standard InChI is InChI=1S/C18H30N2O/c1-20(13-15-6-4-3-5-7-15)18(12-19)17-10-8-16(9-11-17)14-21-2/h8-11,15,18H,3-7,12-14,19H2,1-2H3. The predicted octanol–water partition coefficient (Wildman–Crippen LogP) is 3.34. The molecule has 1 aliphatic carbocycles. The average molecular weight is 290 g/mol. The van der Waals surface area contributed by atoms with Gasteiger partial charge in [-0.2, -0.15) is 0 Å². The number of nitrogens with zero attached hydrogens (tertiary/aromatic N) is 1. The maximum Gasteiger partial charge on any atom is 0.0713 e. The molecule has 0 heterocycles. The van der Waals surface area contributed by atoms with Crippen LogP contribution in [-0.2, 0) is 11.3 Å². The van der Waals surface area contributed by atoms with Crippen molar-refractivity contribution in [1.29, 1.82) is 0 Å². The monoisotopic (exact) mass is 290 g/mol. The molecule has 1 atom stereocenters. The first kappa shape index (κ1) is 16.5. The van der Waals surface area contributed by atoms with Crippen LogP contribution in [0.5, 0.6) is 0 Å². The lowest BCUT2D eigenvalue weighted by Crippen LogP contribution is -2.34. The lowest BCUT2D eigenvalue weighted by molar-refractivity contribution is 0.183. The molecule has 0 bridgehead atoms. The average Bonchev–Trinajstić information content (AvgIpc) is 2.51. The highest BCUT2D eigenvalue weighted by Gasteiger charge is 2.20. The Kier molecular flexibility index (Phi) is 6.68. The van der Waals surface area contributed by atoms with Crippen LogP contribution in [0.25, 0.3) is 0 Å². The van der Waals surface area contributed by atoms with E-state index in [1.165, 1.54) is 49.8 Å². The summed E-state index contributed by atoms with van der Waals surface area (Å²) in [6.07, 6.45) is 6.99. The molecule has 0 aromatic heterocycles. The van der Waals surface area contributed by atoms with Gasteiger partial charge in [-0.15, -0.1) is 0 Å². The molecule has 1 fully saturated rings. The minimum Gasteiger partial charge on any atom is -0.380 e. The van der Waals surface area contributed by atoms with Crippen LogP contribution < -0.4 is 5.73 Å². The largest absolute Gasteiger partial charge is 0.380 e. The third-order valence-electron chi connectivity index (χ3n) is 4.70. The first-order valence-electron chi connectivity index (χ1n) is 8.22. The van der Waals surface area contributed by atoms with E-state index in [2.05, 4.69) is 36.2 Å². The molecular formula is C18H30N2O. The molecule has 0 aliphatic heterocycles. The van der Waals surface area contributed by atoms with E-state index in [9.17, 15) is 0 Å². The van der Waals surface area contributed by atoms with Crippen LogP contribution in [0, 0.1) is 5.92 Å². The summed E-state index contributed by atoms with van der Waals surface area (Å²) >= 11 is 0. The van der Waals surface area contributed by atoms with Gasteiger partial charge >= 0.3 is 0 Å². The summed E-state index contributed by atoms with van der Waals surface area (Å²) in [7, 11) is 3.95. The molecule has 1 aliphatic rings. The molecule has 3 nitrogen and oxygen atoms in total. The van der Waals surface area contributed by atoms with Gasteiger partial charge in [0.2, 0.25) is 0 Å². The fourth-order valence-electron chi connectivity index (χ4n) is 3.48. The van der Waals surface area contributed by atoms with Gasteiger partial charge in [-0.25, -0.2) is 0 Å². The highest BCUT2D eigenvalue weighted by atomic mass is 16.5. The lowest BCUT2D eigenvalue weighted by Gasteiger charge is -2.32. The molecule has 1 saturated carbocycles. The minimum absolute atomic E-state index is 0.323. The number of nitrogens with two attached hydrogens (primary N) is 1. The normalized spacial score (nSPS) is 18.1. The molecule has 3 heteroatoms. The number of ether oxygens (including phenoxy) is 1. The minimum atomic E-state index is 0.323. The van der Waals surface area contributed by atoms with E-state index in [1.54, 1.807) is 7.11 Å². The van der Waals surface area contributed by atoms with Crippen molar-refractivity contribution in [3.63, 3.8) is 0 Å². The molecule has 0 radical (unpaired) electrons. The van der Waals surface area contributed by atoms with Crippen LogP contribution in [-0.4, -0.2) is 32.1 Å². The molecule has 2 N–H and O–H groups in total. The molecular weight excluding hydrogens is 260 g/mol. The van der Waals surface area contributed by atoms with E-state index in [0.29, 0.717) is 19.2 Å². The van der Waals surface area contributed by atoms with Gasteiger partial charge in [-0.05, 0) is 36.9 Å². The van der Waals surface area contributed by atoms with Gasteiger partial charge in [-0.1, -0.05) is 43.5 Å². The van der Waals surface area contributed by atoms with E-state index < -0.39 is 0 Å². The fourth-order valence-corrected chi connectivity index (χ4v) is 3.48. The predicted molar refractivity (Wildman–Crippen MR) is 88.2 cm³/mol. The van der Waals surface area contributed by atoms with Crippen molar-refractivity contribution in [2.45, 2.75) is 44.8 Å². The van der Waals surface area contributed by atoms with Crippen LogP contribution in [0.15, 0.2) is 24.3 Å². The highest BCUT2D eigenvalue weighted by Crippen LogP contribution is 2.27. The molecule has 118 valence electrons. The van der Waals surface area contributed by atoms with Gasteiger partial charge in [0.25, 0.3) is 0 Å². The van der Waals surface area contributed by atoms with Crippen molar-refractivity contribution in [2.75, 3.05) is 27.2 Å². The summed E-state index contributed by atoms with van der Waals surface area (Å²) in [4.78, 5) is 2.45. The molecule has 0 spiro atoms. The van der Waals surface area contributed by atoms with Crippen LogP contribution >= 0.6 is 0 Å². The summed E-state index contributed by atoms with van der Waals surface area (Å²) in [5.41, 5.74) is 8.57. The number of likely N-dealkylation sites (N-methyl/N-ethyl adjacent to an activating group) is 1. The Bertz CT molecular complexity index is 398. The van der Waals surface area contributed by atoms with Gasteiger partial charge in [0.05, 0.1) is 6.61 Å². The highest BCUT2D eigenvalue weighted by molar-refractivity contribution is 5.25. The Morgan fingerprint density at radius 3 is 2.43 bits per heavy atom. The van der Waals surface area contributed by atoms with Crippen molar-refractivity contribution in [3.05, 3.63) is 35.4 Å². The first-order chi connectivity index (χ1) is 10.2. The Labute approximate surface area is 129 Å². The van der Waals surface area contributed by atoms with Gasteiger partial charge in [-0.3, -0.25) is 4.90 Å². The summed E-state index contributed by atoms with van der Waals surface area (Å²) < 4.78 is 5.17. The van der Waals surface area contributed by atoms with E-state index in [4.69, 9.17) is 10.5 Å². The van der Waals surface area contributed by atoms with E-state index >= 15 is 0 Å². The zero-order chi connectivity index (χ0) is 15.1. The number of hydrogen-bond donors (Lipinski definition) is 1. The van der Waals surface area contributed by atoms with Crippen LogP contribution in [0.3, 0.4) is 0 Å². The van der Waals surface area contributed by atoms with E-state index in [1.807, 2.05) is 0 Å². The molecule has 2 rings (SSSR count).